The van der Waals surface area contributed by atoms with E-state index in [2.05, 4.69) is 5.32 Å². The Hall–Kier alpha value is -2.95. The molecular weight excluding hydrogens is 340 g/mol. The van der Waals surface area contributed by atoms with Gasteiger partial charge in [-0.05, 0) is 30.5 Å². The Labute approximate surface area is 159 Å². The number of ketones is 1. The summed E-state index contributed by atoms with van der Waals surface area (Å²) in [6, 6.07) is 18.5. The van der Waals surface area contributed by atoms with Crippen molar-refractivity contribution in [2.75, 3.05) is 19.6 Å². The average molecular weight is 364 g/mol. The van der Waals surface area contributed by atoms with E-state index in [0.29, 0.717) is 25.1 Å². The van der Waals surface area contributed by atoms with Crippen LogP contribution < -0.4 is 5.32 Å². The van der Waals surface area contributed by atoms with Crippen molar-refractivity contribution in [2.24, 2.45) is 5.92 Å². The van der Waals surface area contributed by atoms with Gasteiger partial charge in [0.2, 0.25) is 5.91 Å². The van der Waals surface area contributed by atoms with Gasteiger partial charge in [0.25, 0.3) is 5.91 Å². The van der Waals surface area contributed by atoms with Crippen LogP contribution in [0, 0.1) is 5.92 Å². The van der Waals surface area contributed by atoms with Gasteiger partial charge in [-0.25, -0.2) is 0 Å². The molecule has 5 heteroatoms. The van der Waals surface area contributed by atoms with Gasteiger partial charge in [-0.2, -0.15) is 0 Å². The van der Waals surface area contributed by atoms with Crippen LogP contribution in [-0.2, 0) is 16.0 Å². The van der Waals surface area contributed by atoms with Crippen LogP contribution in [0.2, 0.25) is 0 Å². The number of carbonyl (C=O) groups is 3. The van der Waals surface area contributed by atoms with E-state index in [9.17, 15) is 14.4 Å². The fourth-order valence-corrected chi connectivity index (χ4v) is 3.37. The van der Waals surface area contributed by atoms with Gasteiger partial charge in [0, 0.05) is 31.0 Å². The summed E-state index contributed by atoms with van der Waals surface area (Å²) in [7, 11) is 0. The molecule has 2 aromatic carbocycles. The zero-order chi connectivity index (χ0) is 19.1. The van der Waals surface area contributed by atoms with Gasteiger partial charge in [-0.3, -0.25) is 14.4 Å². The van der Waals surface area contributed by atoms with E-state index < -0.39 is 0 Å². The van der Waals surface area contributed by atoms with Crippen molar-refractivity contribution in [3.8, 4) is 0 Å². The highest BCUT2D eigenvalue weighted by Gasteiger charge is 2.28. The first kappa shape index (κ1) is 18.8. The molecule has 1 heterocycles. The van der Waals surface area contributed by atoms with Crippen LogP contribution in [0.1, 0.15) is 28.8 Å². The molecular formula is C22H24N2O3. The molecule has 2 amide bonds. The maximum absolute atomic E-state index is 12.6. The Balaban J connectivity index is 1.50. The van der Waals surface area contributed by atoms with Crippen molar-refractivity contribution >= 4 is 17.6 Å². The predicted octanol–water partition coefficient (Wildman–Crippen LogP) is 2.47. The van der Waals surface area contributed by atoms with Crippen LogP contribution >= 0.6 is 0 Å². The van der Waals surface area contributed by atoms with E-state index in [4.69, 9.17) is 0 Å². The lowest BCUT2D eigenvalue weighted by Gasteiger charge is -2.32. The Kier molecular flexibility index (Phi) is 6.36. The summed E-state index contributed by atoms with van der Waals surface area (Å²) in [5.41, 5.74) is 1.53. The molecule has 27 heavy (non-hydrogen) atoms. The number of amides is 2. The van der Waals surface area contributed by atoms with Crippen molar-refractivity contribution in [1.29, 1.82) is 0 Å². The zero-order valence-electron chi connectivity index (χ0n) is 15.3. The predicted molar refractivity (Wildman–Crippen MR) is 103 cm³/mol. The minimum Gasteiger partial charge on any atom is -0.343 e. The highest BCUT2D eigenvalue weighted by atomic mass is 16.2. The van der Waals surface area contributed by atoms with Crippen LogP contribution in [0.15, 0.2) is 60.7 Å². The van der Waals surface area contributed by atoms with Crippen molar-refractivity contribution in [1.82, 2.24) is 10.2 Å². The minimum atomic E-state index is -0.266. The Morgan fingerprint density at radius 2 is 1.63 bits per heavy atom. The second-order valence-corrected chi connectivity index (χ2v) is 6.86. The molecule has 1 N–H and O–H groups in total. The number of carbonyl (C=O) groups excluding carboxylic acids is 3. The molecule has 140 valence electrons. The molecule has 1 atom stereocenters. The Morgan fingerprint density at radius 3 is 2.33 bits per heavy atom. The number of nitrogens with zero attached hydrogens (tertiary/aromatic N) is 1. The summed E-state index contributed by atoms with van der Waals surface area (Å²) in [5, 5.41) is 2.66. The van der Waals surface area contributed by atoms with E-state index in [1.165, 1.54) is 0 Å². The molecule has 3 rings (SSSR count). The number of nitrogens with one attached hydrogen (secondary N) is 1. The third-order valence-corrected chi connectivity index (χ3v) is 4.89. The van der Waals surface area contributed by atoms with E-state index in [1.807, 2.05) is 36.4 Å². The number of hydrogen-bond donors (Lipinski definition) is 1. The van der Waals surface area contributed by atoms with Crippen LogP contribution in [-0.4, -0.2) is 42.1 Å². The Morgan fingerprint density at radius 1 is 0.963 bits per heavy atom. The first-order valence-electron chi connectivity index (χ1n) is 9.31. The first-order valence-corrected chi connectivity index (χ1v) is 9.31. The highest BCUT2D eigenvalue weighted by Crippen LogP contribution is 2.19. The van der Waals surface area contributed by atoms with Gasteiger partial charge in [0.1, 0.15) is 5.78 Å². The molecule has 1 aliphatic rings. The largest absolute Gasteiger partial charge is 0.343 e. The first-order chi connectivity index (χ1) is 13.1. The van der Waals surface area contributed by atoms with Gasteiger partial charge in [-0.1, -0.05) is 48.5 Å². The summed E-state index contributed by atoms with van der Waals surface area (Å²) >= 11 is 0. The van der Waals surface area contributed by atoms with Crippen LogP contribution in [0.3, 0.4) is 0 Å². The lowest BCUT2D eigenvalue weighted by molar-refractivity contribution is -0.134. The maximum atomic E-state index is 12.6. The topological polar surface area (TPSA) is 66.5 Å². The molecule has 1 fully saturated rings. The molecule has 1 saturated heterocycles. The zero-order valence-corrected chi connectivity index (χ0v) is 15.3. The smallest absolute Gasteiger partial charge is 0.251 e. The monoisotopic (exact) mass is 364 g/mol. The second kappa shape index (κ2) is 9.12. The summed E-state index contributed by atoms with van der Waals surface area (Å²) in [5.74, 6) is -0.367. The number of benzene rings is 2. The number of Topliss-reactive ketones (excluding diaryl/α,β-unsaturated/α-hetero) is 1. The summed E-state index contributed by atoms with van der Waals surface area (Å²) < 4.78 is 0. The molecule has 0 radical (unpaired) electrons. The fourth-order valence-electron chi connectivity index (χ4n) is 3.37. The molecule has 5 nitrogen and oxygen atoms in total. The third-order valence-electron chi connectivity index (χ3n) is 4.89. The van der Waals surface area contributed by atoms with Crippen LogP contribution in [0.25, 0.3) is 0 Å². The fraction of sp³-hybridized carbons (Fsp3) is 0.318. The number of hydrogen-bond acceptors (Lipinski definition) is 3. The van der Waals surface area contributed by atoms with Crippen molar-refractivity contribution in [3.05, 3.63) is 71.8 Å². The minimum absolute atomic E-state index is 0.0483. The molecule has 0 spiro atoms. The van der Waals surface area contributed by atoms with E-state index in [1.54, 1.807) is 29.2 Å². The summed E-state index contributed by atoms with van der Waals surface area (Å²) in [6.45, 7) is 1.02. The molecule has 0 bridgehead atoms. The van der Waals surface area contributed by atoms with Crippen LogP contribution in [0.4, 0.5) is 0 Å². The van der Waals surface area contributed by atoms with E-state index >= 15 is 0 Å². The quantitative estimate of drug-likeness (QED) is 0.856. The maximum Gasteiger partial charge on any atom is 0.251 e. The van der Waals surface area contributed by atoms with Crippen LogP contribution in [0.5, 0.6) is 0 Å². The second-order valence-electron chi connectivity index (χ2n) is 6.86. The average Bonchev–Trinajstić information content (AvgIpc) is 2.73. The normalized spacial score (nSPS) is 16.6. The lowest BCUT2D eigenvalue weighted by Crippen LogP contribution is -2.46. The molecule has 0 aromatic heterocycles. The van der Waals surface area contributed by atoms with Crippen molar-refractivity contribution in [3.63, 3.8) is 0 Å². The molecule has 0 saturated carbocycles. The highest BCUT2D eigenvalue weighted by molar-refractivity contribution is 5.96. The van der Waals surface area contributed by atoms with Gasteiger partial charge < -0.3 is 10.2 Å². The Bertz CT molecular complexity index is 790. The summed E-state index contributed by atoms with van der Waals surface area (Å²) in [4.78, 5) is 38.8. The molecule has 0 aliphatic carbocycles. The van der Waals surface area contributed by atoms with Crippen molar-refractivity contribution in [2.45, 2.75) is 19.3 Å². The van der Waals surface area contributed by atoms with E-state index in [0.717, 1.165) is 18.4 Å². The third kappa shape index (κ3) is 5.26. The summed E-state index contributed by atoms with van der Waals surface area (Å²) in [6.07, 6.45) is 2.02. The standard InChI is InChI=1S/C22H24N2O3/c25-20(14-17-8-3-1-4-9-17)19-12-7-13-24(16-19)21(26)15-23-22(27)18-10-5-2-6-11-18/h1-6,8-11,19H,7,12-16H2,(H,23,27)/t19-/m1/s1. The van der Waals surface area contributed by atoms with Gasteiger partial charge in [0.15, 0.2) is 0 Å². The number of rotatable bonds is 6. The van der Waals surface area contributed by atoms with Gasteiger partial charge in [-0.15, -0.1) is 0 Å². The van der Waals surface area contributed by atoms with Gasteiger partial charge >= 0.3 is 0 Å². The van der Waals surface area contributed by atoms with Gasteiger partial charge in [0.05, 0.1) is 6.54 Å². The van der Waals surface area contributed by atoms with Crippen molar-refractivity contribution < 1.29 is 14.4 Å². The SMILES string of the molecule is O=C(NCC(=O)N1CCC[C@@H](C(=O)Cc2ccccc2)C1)c1ccccc1. The molecule has 1 aliphatic heterocycles. The number of likely N-dealkylation sites (tertiary alicyclic amines) is 1. The lowest BCUT2D eigenvalue weighted by atomic mass is 9.90. The molecule has 2 aromatic rings. The van der Waals surface area contributed by atoms with E-state index in [-0.39, 0.29) is 30.1 Å². The number of piperidine rings is 1. The molecule has 0 unspecified atom stereocenters.